The van der Waals surface area contributed by atoms with Crippen LogP contribution in [-0.4, -0.2) is 28.1 Å². The quantitative estimate of drug-likeness (QED) is 0.621. The maximum Gasteiger partial charge on any atom is 0.274 e. The van der Waals surface area contributed by atoms with E-state index in [1.54, 1.807) is 33.8 Å². The first-order chi connectivity index (χ1) is 16.0. The third-order valence-corrected chi connectivity index (χ3v) is 6.89. The minimum atomic E-state index is -0.444. The summed E-state index contributed by atoms with van der Waals surface area (Å²) < 4.78 is 1.61. The number of amides is 2. The zero-order valence-electron chi connectivity index (χ0n) is 18.2. The predicted octanol–water partition coefficient (Wildman–Crippen LogP) is 3.83. The number of benzene rings is 2. The first-order valence-corrected chi connectivity index (χ1v) is 11.7. The number of aromatic nitrogens is 2. The largest absolute Gasteiger partial charge is 0.350 e. The molecule has 3 aromatic rings. The number of hydrogen-bond acceptors (Lipinski definition) is 4. The molecule has 1 unspecified atom stereocenters. The topological polar surface area (TPSA) is 84.3 Å². The molecule has 2 aromatic carbocycles. The van der Waals surface area contributed by atoms with Crippen LogP contribution >= 0.6 is 11.6 Å². The van der Waals surface area contributed by atoms with Crippen LogP contribution in [0, 0.1) is 5.92 Å². The van der Waals surface area contributed by atoms with Crippen molar-refractivity contribution in [3.8, 4) is 0 Å². The number of halogens is 1. The summed E-state index contributed by atoms with van der Waals surface area (Å²) in [6.45, 7) is 0.528. The summed E-state index contributed by atoms with van der Waals surface area (Å²) in [5, 5.41) is 9.59. The van der Waals surface area contributed by atoms with Crippen LogP contribution in [0.1, 0.15) is 43.8 Å². The Morgan fingerprint density at radius 2 is 1.73 bits per heavy atom. The highest BCUT2D eigenvalue weighted by molar-refractivity contribution is 6.30. The Bertz CT molecular complexity index is 1260. The summed E-state index contributed by atoms with van der Waals surface area (Å²) in [4.78, 5) is 40.1. The Morgan fingerprint density at radius 1 is 1.03 bits per heavy atom. The van der Waals surface area contributed by atoms with Crippen molar-refractivity contribution in [1.29, 1.82) is 0 Å². The van der Waals surface area contributed by atoms with E-state index in [-0.39, 0.29) is 36.4 Å². The summed E-state index contributed by atoms with van der Waals surface area (Å²) in [6.07, 6.45) is 4.24. The van der Waals surface area contributed by atoms with Crippen molar-refractivity contribution in [2.45, 2.75) is 44.7 Å². The van der Waals surface area contributed by atoms with Gasteiger partial charge in [-0.1, -0.05) is 42.6 Å². The maximum atomic E-state index is 13.0. The zero-order valence-corrected chi connectivity index (χ0v) is 18.9. The van der Waals surface area contributed by atoms with Gasteiger partial charge in [-0.05, 0) is 43.2 Å². The maximum absolute atomic E-state index is 13.0. The van der Waals surface area contributed by atoms with Gasteiger partial charge >= 0.3 is 0 Å². The molecule has 2 fully saturated rings. The first kappa shape index (κ1) is 21.6. The Kier molecular flexibility index (Phi) is 5.89. The molecule has 33 heavy (non-hydrogen) atoms. The van der Waals surface area contributed by atoms with Crippen molar-refractivity contribution in [2.75, 3.05) is 11.4 Å². The second-order valence-corrected chi connectivity index (χ2v) is 9.22. The van der Waals surface area contributed by atoms with E-state index >= 15 is 0 Å². The van der Waals surface area contributed by atoms with Crippen molar-refractivity contribution in [1.82, 2.24) is 15.1 Å². The molecule has 5 rings (SSSR count). The van der Waals surface area contributed by atoms with E-state index in [0.29, 0.717) is 22.6 Å². The molecule has 2 aliphatic rings. The fourth-order valence-electron chi connectivity index (χ4n) is 4.87. The molecule has 1 saturated carbocycles. The molecule has 0 radical (unpaired) electrons. The number of hydrogen-bond donors (Lipinski definition) is 1. The molecule has 1 saturated heterocycles. The Hall–Kier alpha value is -3.19. The van der Waals surface area contributed by atoms with Crippen LogP contribution in [0.2, 0.25) is 5.02 Å². The summed E-state index contributed by atoms with van der Waals surface area (Å²) in [7, 11) is 0. The van der Waals surface area contributed by atoms with Crippen molar-refractivity contribution in [3.63, 3.8) is 0 Å². The molecule has 1 atom stereocenters. The van der Waals surface area contributed by atoms with Crippen LogP contribution in [-0.2, 0) is 16.1 Å². The number of nitrogens with zero attached hydrogens (tertiary/aromatic N) is 3. The van der Waals surface area contributed by atoms with Crippen LogP contribution in [0.4, 0.5) is 5.69 Å². The lowest BCUT2D eigenvalue weighted by atomic mass is 10.1. The fraction of sp³-hybridized carbons (Fsp3) is 0.360. The van der Waals surface area contributed by atoms with E-state index in [0.717, 1.165) is 36.8 Å². The molecule has 1 aliphatic carbocycles. The van der Waals surface area contributed by atoms with Gasteiger partial charge in [0.05, 0.1) is 29.6 Å². The van der Waals surface area contributed by atoms with Gasteiger partial charge in [0.1, 0.15) is 0 Å². The second-order valence-electron chi connectivity index (χ2n) is 8.78. The highest BCUT2D eigenvalue weighted by Gasteiger charge is 2.35. The van der Waals surface area contributed by atoms with Gasteiger partial charge in [-0.3, -0.25) is 14.4 Å². The molecule has 2 amide bonds. The lowest BCUT2D eigenvalue weighted by molar-refractivity contribution is -0.126. The lowest BCUT2D eigenvalue weighted by Crippen LogP contribution is -2.34. The Morgan fingerprint density at radius 3 is 2.45 bits per heavy atom. The highest BCUT2D eigenvalue weighted by Crippen LogP contribution is 2.29. The van der Waals surface area contributed by atoms with E-state index in [2.05, 4.69) is 10.4 Å². The number of carbonyl (C=O) groups is 2. The molecule has 1 aliphatic heterocycles. The average molecular weight is 465 g/mol. The summed E-state index contributed by atoms with van der Waals surface area (Å²) in [5.41, 5.74) is 1.33. The number of carbonyl (C=O) groups excluding carboxylic acids is 2. The molecule has 1 aromatic heterocycles. The predicted molar refractivity (Wildman–Crippen MR) is 127 cm³/mol. The number of nitrogens with one attached hydrogen (secondary N) is 1. The van der Waals surface area contributed by atoms with Crippen LogP contribution in [0.5, 0.6) is 0 Å². The normalized spacial score (nSPS) is 18.9. The molecule has 170 valence electrons. The minimum Gasteiger partial charge on any atom is -0.350 e. The van der Waals surface area contributed by atoms with Gasteiger partial charge < -0.3 is 10.2 Å². The number of rotatable bonds is 5. The van der Waals surface area contributed by atoms with Gasteiger partial charge in [0.25, 0.3) is 5.56 Å². The van der Waals surface area contributed by atoms with Gasteiger partial charge in [0.2, 0.25) is 11.8 Å². The summed E-state index contributed by atoms with van der Waals surface area (Å²) in [6, 6.07) is 14.5. The minimum absolute atomic E-state index is 0.0763. The third kappa shape index (κ3) is 4.25. The molecule has 7 nitrogen and oxygen atoms in total. The second kappa shape index (κ2) is 8.98. The average Bonchev–Trinajstić information content (AvgIpc) is 3.49. The molecular formula is C25H25ClN4O3. The Labute approximate surface area is 196 Å². The van der Waals surface area contributed by atoms with Gasteiger partial charge in [0, 0.05) is 29.1 Å². The smallest absolute Gasteiger partial charge is 0.274 e. The molecule has 8 heteroatoms. The third-order valence-electron chi connectivity index (χ3n) is 6.64. The molecule has 0 spiro atoms. The van der Waals surface area contributed by atoms with Crippen LogP contribution in [0.15, 0.2) is 53.3 Å². The van der Waals surface area contributed by atoms with E-state index in [1.165, 1.54) is 0 Å². The van der Waals surface area contributed by atoms with Crippen LogP contribution in [0.25, 0.3) is 10.8 Å². The molecular weight excluding hydrogens is 440 g/mol. The number of fused-ring (bicyclic) bond motifs is 1. The zero-order chi connectivity index (χ0) is 22.9. The van der Waals surface area contributed by atoms with Crippen LogP contribution < -0.4 is 15.8 Å². The van der Waals surface area contributed by atoms with Gasteiger partial charge in [-0.25, -0.2) is 4.68 Å². The number of anilines is 1. The first-order valence-electron chi connectivity index (χ1n) is 11.4. The highest BCUT2D eigenvalue weighted by atomic mass is 35.5. The Balaban J connectivity index is 1.34. The van der Waals surface area contributed by atoms with E-state index in [9.17, 15) is 14.4 Å². The van der Waals surface area contributed by atoms with Gasteiger partial charge in [-0.2, -0.15) is 5.10 Å². The van der Waals surface area contributed by atoms with E-state index in [1.807, 2.05) is 24.3 Å². The van der Waals surface area contributed by atoms with Gasteiger partial charge in [-0.15, -0.1) is 0 Å². The molecule has 0 bridgehead atoms. The lowest BCUT2D eigenvalue weighted by Gasteiger charge is -2.18. The summed E-state index contributed by atoms with van der Waals surface area (Å²) in [5.74, 6) is -0.722. The van der Waals surface area contributed by atoms with Gasteiger partial charge in [0.15, 0.2) is 0 Å². The van der Waals surface area contributed by atoms with Crippen LogP contribution in [0.3, 0.4) is 0 Å². The van der Waals surface area contributed by atoms with E-state index in [4.69, 9.17) is 11.6 Å². The van der Waals surface area contributed by atoms with Crippen molar-refractivity contribution in [2.24, 2.45) is 5.92 Å². The molecule has 2 heterocycles. The SMILES string of the molecule is O=C(NCc1nn(C2CCCC2)c(=O)c2ccccc12)C1CC(=O)N(c2ccc(Cl)cc2)C1. The van der Waals surface area contributed by atoms with E-state index < -0.39 is 5.92 Å². The molecule has 1 N–H and O–H groups in total. The van der Waals surface area contributed by atoms with Crippen molar-refractivity contribution < 1.29 is 9.59 Å². The standard InChI is InChI=1S/C25H25ClN4O3/c26-17-9-11-18(12-10-17)29-15-16(13-23(29)31)24(32)27-14-22-20-7-3-4-8-21(20)25(33)30(28-22)19-5-1-2-6-19/h3-4,7-12,16,19H,1-2,5-6,13-15H2,(H,27,32). The summed E-state index contributed by atoms with van der Waals surface area (Å²) >= 11 is 5.94. The van der Waals surface area contributed by atoms with Crippen molar-refractivity contribution in [3.05, 3.63) is 69.6 Å². The fourth-order valence-corrected chi connectivity index (χ4v) is 5.00. The van der Waals surface area contributed by atoms with Crippen molar-refractivity contribution >= 4 is 39.9 Å². The monoisotopic (exact) mass is 464 g/mol.